The molecule has 0 unspecified atom stereocenters. The minimum Gasteiger partial charge on any atom is -0.380 e. The Kier molecular flexibility index (Phi) is 3.41. The van der Waals surface area contributed by atoms with Crippen molar-refractivity contribution in [3.05, 3.63) is 32.6 Å². The van der Waals surface area contributed by atoms with E-state index < -0.39 is 0 Å². The summed E-state index contributed by atoms with van der Waals surface area (Å²) in [6.45, 7) is 4.99. The molecule has 1 aliphatic rings. The third kappa shape index (κ3) is 2.39. The second-order valence-electron chi connectivity index (χ2n) is 5.28. The first-order valence-corrected chi connectivity index (χ1v) is 5.97. The van der Waals surface area contributed by atoms with Crippen LogP contribution >= 0.6 is 0 Å². The molecular weight excluding hydrogens is 234 g/mol. The van der Waals surface area contributed by atoms with Gasteiger partial charge in [-0.1, -0.05) is 6.92 Å². The van der Waals surface area contributed by atoms with Crippen LogP contribution in [0.25, 0.3) is 0 Å². The van der Waals surface area contributed by atoms with Gasteiger partial charge in [-0.2, -0.15) is 0 Å². The van der Waals surface area contributed by atoms with Gasteiger partial charge in [-0.05, 0) is 0 Å². The Bertz CT molecular complexity index is 555. The summed E-state index contributed by atoms with van der Waals surface area (Å²) in [5, 5.41) is 3.27. The second kappa shape index (κ2) is 4.70. The van der Waals surface area contributed by atoms with E-state index in [0.29, 0.717) is 12.2 Å². The number of rotatable bonds is 4. The lowest BCUT2D eigenvalue weighted by molar-refractivity contribution is -0.0992. The van der Waals surface area contributed by atoms with Crippen LogP contribution in [0.1, 0.15) is 12.6 Å². The molecule has 1 fully saturated rings. The van der Waals surface area contributed by atoms with Crippen molar-refractivity contribution in [1.82, 2.24) is 14.5 Å². The zero-order valence-corrected chi connectivity index (χ0v) is 11.0. The lowest BCUT2D eigenvalue weighted by Gasteiger charge is -2.38. The highest BCUT2D eigenvalue weighted by atomic mass is 16.5. The third-order valence-corrected chi connectivity index (χ3v) is 3.38. The average Bonchev–Trinajstić information content (AvgIpc) is 2.30. The molecule has 0 spiro atoms. The average molecular weight is 253 g/mol. The van der Waals surface area contributed by atoms with Crippen molar-refractivity contribution >= 4 is 0 Å². The summed E-state index contributed by atoms with van der Waals surface area (Å²) in [5.74, 6) is 0. The summed E-state index contributed by atoms with van der Waals surface area (Å²) in [7, 11) is 3.15. The van der Waals surface area contributed by atoms with Crippen molar-refractivity contribution in [2.75, 3.05) is 19.8 Å². The molecule has 0 aliphatic carbocycles. The minimum atomic E-state index is -0.294. The van der Waals surface area contributed by atoms with E-state index in [0.717, 1.165) is 24.3 Å². The Balaban J connectivity index is 2.06. The van der Waals surface area contributed by atoms with Crippen molar-refractivity contribution in [3.63, 3.8) is 0 Å². The van der Waals surface area contributed by atoms with Gasteiger partial charge in [0.1, 0.15) is 0 Å². The van der Waals surface area contributed by atoms with Crippen LogP contribution in [-0.4, -0.2) is 28.9 Å². The molecule has 1 aromatic heterocycles. The van der Waals surface area contributed by atoms with Crippen LogP contribution in [0.15, 0.2) is 15.7 Å². The van der Waals surface area contributed by atoms with Gasteiger partial charge in [0.2, 0.25) is 0 Å². The highest BCUT2D eigenvalue weighted by molar-refractivity contribution is 5.02. The molecule has 1 aliphatic heterocycles. The van der Waals surface area contributed by atoms with Crippen LogP contribution in [0.5, 0.6) is 0 Å². The van der Waals surface area contributed by atoms with E-state index in [1.165, 1.54) is 17.7 Å². The predicted molar refractivity (Wildman–Crippen MR) is 67.6 cm³/mol. The fraction of sp³-hybridized carbons (Fsp3) is 0.667. The number of hydrogen-bond acceptors (Lipinski definition) is 4. The molecular formula is C12H19N3O3. The summed E-state index contributed by atoms with van der Waals surface area (Å²) >= 11 is 0. The van der Waals surface area contributed by atoms with Gasteiger partial charge in [-0.3, -0.25) is 13.9 Å². The molecule has 2 rings (SSSR count). The monoisotopic (exact) mass is 253 g/mol. The maximum absolute atomic E-state index is 11.7. The zero-order chi connectivity index (χ0) is 13.3. The van der Waals surface area contributed by atoms with Gasteiger partial charge < -0.3 is 10.1 Å². The lowest BCUT2D eigenvalue weighted by Crippen LogP contribution is -2.47. The number of aromatic nitrogens is 2. The molecule has 0 saturated carbocycles. The van der Waals surface area contributed by atoms with E-state index in [2.05, 4.69) is 12.2 Å². The van der Waals surface area contributed by atoms with E-state index in [4.69, 9.17) is 4.74 Å². The molecule has 6 heteroatoms. The summed E-state index contributed by atoms with van der Waals surface area (Å²) in [4.78, 5) is 23.3. The fourth-order valence-corrected chi connectivity index (χ4v) is 1.99. The topological polar surface area (TPSA) is 65.3 Å². The first kappa shape index (κ1) is 13.0. The molecule has 2 heterocycles. The zero-order valence-electron chi connectivity index (χ0n) is 11.0. The van der Waals surface area contributed by atoms with Crippen molar-refractivity contribution in [1.29, 1.82) is 0 Å². The van der Waals surface area contributed by atoms with Crippen molar-refractivity contribution in [2.45, 2.75) is 13.5 Å². The van der Waals surface area contributed by atoms with Gasteiger partial charge in [0.25, 0.3) is 5.56 Å². The Morgan fingerprint density at radius 3 is 2.56 bits per heavy atom. The molecule has 0 radical (unpaired) electrons. The molecule has 18 heavy (non-hydrogen) atoms. The van der Waals surface area contributed by atoms with Crippen molar-refractivity contribution in [3.8, 4) is 0 Å². The Hall–Kier alpha value is -1.40. The largest absolute Gasteiger partial charge is 0.380 e. The van der Waals surface area contributed by atoms with E-state index in [-0.39, 0.29) is 16.7 Å². The number of ether oxygens (including phenoxy) is 1. The molecule has 0 bridgehead atoms. The Morgan fingerprint density at radius 2 is 2.00 bits per heavy atom. The summed E-state index contributed by atoms with van der Waals surface area (Å²) in [6, 6.07) is 1.49. The smallest absolute Gasteiger partial charge is 0.330 e. The van der Waals surface area contributed by atoms with E-state index in [1.807, 2.05) is 0 Å². The molecule has 0 amide bonds. The Morgan fingerprint density at radius 1 is 1.33 bits per heavy atom. The molecule has 6 nitrogen and oxygen atoms in total. The first-order valence-electron chi connectivity index (χ1n) is 5.97. The van der Waals surface area contributed by atoms with Gasteiger partial charge in [-0.25, -0.2) is 4.79 Å². The predicted octanol–water partition coefficient (Wildman–Crippen LogP) is -0.790. The lowest BCUT2D eigenvalue weighted by atomic mass is 9.89. The highest BCUT2D eigenvalue weighted by Gasteiger charge is 2.32. The summed E-state index contributed by atoms with van der Waals surface area (Å²) < 4.78 is 7.77. The van der Waals surface area contributed by atoms with Crippen LogP contribution in [0.2, 0.25) is 0 Å². The van der Waals surface area contributed by atoms with Crippen LogP contribution in [0.4, 0.5) is 0 Å². The van der Waals surface area contributed by atoms with Crippen LogP contribution in [0, 0.1) is 5.41 Å². The number of nitrogens with one attached hydrogen (secondary N) is 1. The molecule has 0 atom stereocenters. The molecule has 1 aromatic rings. The van der Waals surface area contributed by atoms with E-state index in [9.17, 15) is 9.59 Å². The van der Waals surface area contributed by atoms with Gasteiger partial charge in [-0.15, -0.1) is 0 Å². The van der Waals surface area contributed by atoms with Gasteiger partial charge >= 0.3 is 5.69 Å². The van der Waals surface area contributed by atoms with Crippen LogP contribution < -0.4 is 16.6 Å². The third-order valence-electron chi connectivity index (χ3n) is 3.38. The maximum Gasteiger partial charge on any atom is 0.330 e. The highest BCUT2D eigenvalue weighted by Crippen LogP contribution is 2.25. The van der Waals surface area contributed by atoms with Crippen molar-refractivity contribution in [2.24, 2.45) is 19.5 Å². The van der Waals surface area contributed by atoms with Gasteiger partial charge in [0, 0.05) is 44.4 Å². The molecule has 1 saturated heterocycles. The molecule has 100 valence electrons. The Labute approximate surface area is 105 Å². The van der Waals surface area contributed by atoms with Crippen molar-refractivity contribution < 1.29 is 4.74 Å². The number of nitrogens with zero attached hydrogens (tertiary/aromatic N) is 2. The number of hydrogen-bond donors (Lipinski definition) is 1. The standard InChI is InChI=1S/C12H19N3O3/c1-12(7-18-8-12)6-13-5-9-4-10(16)15(3)11(17)14(9)2/h4,13H,5-8H2,1-3H3. The van der Waals surface area contributed by atoms with Crippen LogP contribution in [-0.2, 0) is 25.4 Å². The van der Waals surface area contributed by atoms with E-state index in [1.54, 1.807) is 7.05 Å². The minimum absolute atomic E-state index is 0.179. The molecule has 1 N–H and O–H groups in total. The normalized spacial score (nSPS) is 17.5. The SMILES string of the molecule is Cn1c(CNCC2(C)COC2)cc(=O)n(C)c1=O. The van der Waals surface area contributed by atoms with E-state index >= 15 is 0 Å². The van der Waals surface area contributed by atoms with Gasteiger partial charge in [0.15, 0.2) is 0 Å². The summed E-state index contributed by atoms with van der Waals surface area (Å²) in [5.41, 5.74) is 0.316. The quantitative estimate of drug-likeness (QED) is 0.764. The van der Waals surface area contributed by atoms with Crippen LogP contribution in [0.3, 0.4) is 0 Å². The molecule has 0 aromatic carbocycles. The van der Waals surface area contributed by atoms with Gasteiger partial charge in [0.05, 0.1) is 13.2 Å². The fourth-order valence-electron chi connectivity index (χ4n) is 1.99. The maximum atomic E-state index is 11.7. The second-order valence-corrected chi connectivity index (χ2v) is 5.28. The summed E-state index contributed by atoms with van der Waals surface area (Å²) in [6.07, 6.45) is 0. The first-order chi connectivity index (χ1) is 8.43.